The number of aryl methyl sites for hydroxylation is 1. The highest BCUT2D eigenvalue weighted by Gasteiger charge is 2.14. The van der Waals surface area contributed by atoms with Crippen LogP contribution in [-0.2, 0) is 0 Å². The topological polar surface area (TPSA) is 78.6 Å². The molecule has 0 saturated carbocycles. The Labute approximate surface area is 162 Å². The van der Waals surface area contributed by atoms with Gasteiger partial charge in [-0.05, 0) is 64.8 Å². The molecule has 7 nitrogen and oxygen atoms in total. The van der Waals surface area contributed by atoms with E-state index in [4.69, 9.17) is 9.47 Å². The van der Waals surface area contributed by atoms with Crippen molar-refractivity contribution in [2.24, 2.45) is 0 Å². The highest BCUT2D eigenvalue weighted by atomic mass is 79.9. The van der Waals surface area contributed by atoms with E-state index >= 15 is 0 Å². The molecule has 0 N–H and O–H groups in total. The third-order valence-electron chi connectivity index (χ3n) is 3.72. The number of nitrogens with zero attached hydrogens (tertiary/aromatic N) is 4. The molecule has 0 aliphatic rings. The van der Waals surface area contributed by atoms with Gasteiger partial charge in [-0.15, -0.1) is 0 Å². The predicted molar refractivity (Wildman–Crippen MR) is 101 cm³/mol. The lowest BCUT2D eigenvalue weighted by molar-refractivity contribution is 0.0727. The number of esters is 1. The van der Waals surface area contributed by atoms with Crippen molar-refractivity contribution in [2.75, 3.05) is 0 Å². The molecule has 0 aliphatic heterocycles. The standard InChI is InChI=1S/C19H13BrN4O3/c1-12-6-7-24-16(11-21-17(24)8-12)18(25)26-14-2-4-15(5-3-14)27-19-22-9-13(20)10-23-19/h2-11H,1H3. The van der Waals surface area contributed by atoms with Gasteiger partial charge in [-0.2, -0.15) is 0 Å². The fraction of sp³-hybridized carbons (Fsp3) is 0.0526. The largest absolute Gasteiger partial charge is 0.424 e. The van der Waals surface area contributed by atoms with E-state index in [1.807, 2.05) is 19.1 Å². The Morgan fingerprint density at radius 2 is 1.70 bits per heavy atom. The summed E-state index contributed by atoms with van der Waals surface area (Å²) in [5.74, 6) is 0.435. The Morgan fingerprint density at radius 3 is 2.44 bits per heavy atom. The first-order chi connectivity index (χ1) is 13.1. The highest BCUT2D eigenvalue weighted by molar-refractivity contribution is 9.10. The second kappa shape index (κ2) is 7.16. The number of halogens is 1. The lowest BCUT2D eigenvalue weighted by atomic mass is 10.3. The summed E-state index contributed by atoms with van der Waals surface area (Å²) >= 11 is 3.26. The van der Waals surface area contributed by atoms with Gasteiger partial charge in [0.2, 0.25) is 0 Å². The maximum atomic E-state index is 12.4. The van der Waals surface area contributed by atoms with Crippen LogP contribution in [0.3, 0.4) is 0 Å². The summed E-state index contributed by atoms with van der Waals surface area (Å²) in [6.45, 7) is 1.97. The normalized spacial score (nSPS) is 10.7. The number of aromatic nitrogens is 4. The average molecular weight is 425 g/mol. The number of ether oxygens (including phenoxy) is 2. The minimum atomic E-state index is -0.490. The van der Waals surface area contributed by atoms with Gasteiger partial charge in [0.15, 0.2) is 5.69 Å². The van der Waals surface area contributed by atoms with Gasteiger partial charge in [0.1, 0.15) is 17.1 Å². The molecule has 0 amide bonds. The van der Waals surface area contributed by atoms with Crippen molar-refractivity contribution in [3.05, 3.63) is 76.9 Å². The van der Waals surface area contributed by atoms with Crippen LogP contribution in [0.25, 0.3) is 5.65 Å². The van der Waals surface area contributed by atoms with Crippen LogP contribution in [0, 0.1) is 6.92 Å². The molecule has 0 aliphatic carbocycles. The second-order valence-corrected chi connectivity index (χ2v) is 6.64. The quantitative estimate of drug-likeness (QED) is 0.360. The molecule has 134 valence electrons. The summed E-state index contributed by atoms with van der Waals surface area (Å²) < 4.78 is 13.4. The van der Waals surface area contributed by atoms with E-state index in [9.17, 15) is 4.79 Å². The summed E-state index contributed by atoms with van der Waals surface area (Å²) in [5, 5.41) is 0. The van der Waals surface area contributed by atoms with Gasteiger partial charge in [-0.25, -0.2) is 19.7 Å². The molecular formula is C19H13BrN4O3. The third kappa shape index (κ3) is 3.80. The Bertz CT molecular complexity index is 1110. The zero-order valence-electron chi connectivity index (χ0n) is 14.2. The second-order valence-electron chi connectivity index (χ2n) is 5.72. The highest BCUT2D eigenvalue weighted by Crippen LogP contribution is 2.22. The Balaban J connectivity index is 1.47. The molecule has 1 aromatic carbocycles. The first-order valence-electron chi connectivity index (χ1n) is 8.00. The maximum absolute atomic E-state index is 12.4. The van der Waals surface area contributed by atoms with Gasteiger partial charge in [-0.3, -0.25) is 4.40 Å². The average Bonchev–Trinajstić information content (AvgIpc) is 3.08. The Kier molecular flexibility index (Phi) is 4.55. The lowest BCUT2D eigenvalue weighted by Crippen LogP contribution is -2.11. The van der Waals surface area contributed by atoms with Crippen molar-refractivity contribution in [1.29, 1.82) is 0 Å². The minimum Gasteiger partial charge on any atom is -0.424 e. The molecule has 4 aromatic rings. The molecule has 0 radical (unpaired) electrons. The van der Waals surface area contributed by atoms with E-state index in [-0.39, 0.29) is 6.01 Å². The van der Waals surface area contributed by atoms with E-state index in [1.165, 1.54) is 6.20 Å². The number of rotatable bonds is 4. The van der Waals surface area contributed by atoms with Crippen molar-refractivity contribution < 1.29 is 14.3 Å². The lowest BCUT2D eigenvalue weighted by Gasteiger charge is -2.06. The molecule has 0 fully saturated rings. The number of hydrogen-bond donors (Lipinski definition) is 0. The van der Waals surface area contributed by atoms with Crippen molar-refractivity contribution >= 4 is 27.5 Å². The van der Waals surface area contributed by atoms with Crippen LogP contribution < -0.4 is 9.47 Å². The zero-order valence-corrected chi connectivity index (χ0v) is 15.8. The molecule has 0 atom stereocenters. The summed E-state index contributed by atoms with van der Waals surface area (Å²) in [6, 6.07) is 10.6. The molecule has 27 heavy (non-hydrogen) atoms. The van der Waals surface area contributed by atoms with E-state index in [0.29, 0.717) is 22.8 Å². The van der Waals surface area contributed by atoms with Gasteiger partial charge in [-0.1, -0.05) is 0 Å². The Morgan fingerprint density at radius 1 is 1.00 bits per heavy atom. The predicted octanol–water partition coefficient (Wildman–Crippen LogP) is 4.21. The summed E-state index contributed by atoms with van der Waals surface area (Å²) in [4.78, 5) is 24.8. The van der Waals surface area contributed by atoms with Gasteiger partial charge in [0.25, 0.3) is 0 Å². The fourth-order valence-electron chi connectivity index (χ4n) is 2.43. The molecular weight excluding hydrogens is 412 g/mol. The first-order valence-corrected chi connectivity index (χ1v) is 8.79. The van der Waals surface area contributed by atoms with E-state index in [2.05, 4.69) is 30.9 Å². The zero-order chi connectivity index (χ0) is 18.8. The number of hydrogen-bond acceptors (Lipinski definition) is 6. The van der Waals surface area contributed by atoms with E-state index in [0.717, 1.165) is 10.0 Å². The number of fused-ring (bicyclic) bond motifs is 1. The summed E-state index contributed by atoms with van der Waals surface area (Å²) in [5.41, 5.74) is 2.12. The van der Waals surface area contributed by atoms with Gasteiger partial charge in [0.05, 0.1) is 10.7 Å². The molecule has 4 rings (SSSR count). The number of benzene rings is 1. The van der Waals surface area contributed by atoms with Crippen LogP contribution in [0.15, 0.2) is 65.7 Å². The fourth-order valence-corrected chi connectivity index (χ4v) is 2.63. The van der Waals surface area contributed by atoms with Crippen LogP contribution in [0.2, 0.25) is 0 Å². The molecule has 0 unspecified atom stereocenters. The van der Waals surface area contributed by atoms with Crippen molar-refractivity contribution in [1.82, 2.24) is 19.4 Å². The maximum Gasteiger partial charge on any atom is 0.362 e. The number of carbonyl (C=O) groups excluding carboxylic acids is 1. The Hall–Kier alpha value is -3.26. The van der Waals surface area contributed by atoms with Gasteiger partial charge in [0, 0.05) is 18.6 Å². The molecule has 0 spiro atoms. The van der Waals surface area contributed by atoms with E-state index in [1.54, 1.807) is 47.3 Å². The van der Waals surface area contributed by atoms with Crippen LogP contribution in [0.5, 0.6) is 17.5 Å². The molecule has 0 bridgehead atoms. The monoisotopic (exact) mass is 424 g/mol. The minimum absolute atomic E-state index is 0.226. The van der Waals surface area contributed by atoms with Crippen LogP contribution >= 0.6 is 15.9 Å². The molecule has 3 heterocycles. The molecule has 3 aromatic heterocycles. The summed E-state index contributed by atoms with van der Waals surface area (Å²) in [7, 11) is 0. The number of carbonyl (C=O) groups is 1. The molecule has 8 heteroatoms. The van der Waals surface area contributed by atoms with Crippen LogP contribution in [0.1, 0.15) is 16.1 Å². The van der Waals surface area contributed by atoms with Crippen molar-refractivity contribution in [3.63, 3.8) is 0 Å². The smallest absolute Gasteiger partial charge is 0.362 e. The third-order valence-corrected chi connectivity index (χ3v) is 4.13. The number of pyridine rings is 1. The van der Waals surface area contributed by atoms with Crippen molar-refractivity contribution in [2.45, 2.75) is 6.92 Å². The summed E-state index contributed by atoms with van der Waals surface area (Å²) in [6.07, 6.45) is 6.48. The SMILES string of the molecule is Cc1ccn2c(C(=O)Oc3ccc(Oc4ncc(Br)cn4)cc3)cnc2c1. The van der Waals surface area contributed by atoms with Gasteiger partial charge >= 0.3 is 12.0 Å². The number of imidazole rings is 1. The van der Waals surface area contributed by atoms with E-state index < -0.39 is 5.97 Å². The van der Waals surface area contributed by atoms with Gasteiger partial charge < -0.3 is 9.47 Å². The van der Waals surface area contributed by atoms with Crippen LogP contribution in [0.4, 0.5) is 0 Å². The first kappa shape index (κ1) is 17.2. The van der Waals surface area contributed by atoms with Crippen molar-refractivity contribution in [3.8, 4) is 17.5 Å². The molecule has 0 saturated heterocycles. The van der Waals surface area contributed by atoms with Crippen LogP contribution in [-0.4, -0.2) is 25.3 Å².